The number of nitrogens with zero attached hydrogens (tertiary/aromatic N) is 3. The second-order valence-corrected chi connectivity index (χ2v) is 9.96. The van der Waals surface area contributed by atoms with E-state index in [9.17, 15) is 14.4 Å². The van der Waals surface area contributed by atoms with Crippen LogP contribution in [0, 0.1) is 0 Å². The average molecular weight is 444 g/mol. The van der Waals surface area contributed by atoms with Crippen molar-refractivity contribution in [2.75, 3.05) is 31.1 Å². The van der Waals surface area contributed by atoms with Crippen molar-refractivity contribution in [2.45, 2.75) is 70.1 Å². The number of hydrogen-bond acceptors (Lipinski definition) is 7. The van der Waals surface area contributed by atoms with Gasteiger partial charge in [-0.25, -0.2) is 4.79 Å². The summed E-state index contributed by atoms with van der Waals surface area (Å²) < 4.78 is 5.35. The molecule has 0 aromatic carbocycles. The molecule has 0 bridgehead atoms. The van der Waals surface area contributed by atoms with Gasteiger partial charge in [0.1, 0.15) is 5.60 Å². The number of carbonyl (C=O) groups is 3. The number of amides is 3. The third kappa shape index (κ3) is 5.38. The minimum absolute atomic E-state index is 0.168. The summed E-state index contributed by atoms with van der Waals surface area (Å²) in [6.45, 7) is 9.44. The highest BCUT2D eigenvalue weighted by molar-refractivity contribution is 6.00. The van der Waals surface area contributed by atoms with E-state index in [2.05, 4.69) is 25.4 Å². The molecule has 1 atom stereocenters. The minimum Gasteiger partial charge on any atom is -0.444 e. The Hall–Kier alpha value is -2.68. The topological polar surface area (TPSA) is 104 Å². The molecular weight excluding hydrogens is 410 g/mol. The van der Waals surface area contributed by atoms with Crippen LogP contribution in [-0.4, -0.2) is 71.7 Å². The van der Waals surface area contributed by atoms with Crippen molar-refractivity contribution in [1.29, 1.82) is 0 Å². The maximum atomic E-state index is 12.0. The van der Waals surface area contributed by atoms with Gasteiger partial charge in [-0.2, -0.15) is 0 Å². The molecule has 1 unspecified atom stereocenters. The molecule has 3 saturated heterocycles. The third-order valence-electron chi connectivity index (χ3n) is 6.36. The highest BCUT2D eigenvalue weighted by Crippen LogP contribution is 2.28. The van der Waals surface area contributed by atoms with Crippen molar-refractivity contribution < 1.29 is 19.1 Å². The van der Waals surface area contributed by atoms with E-state index in [1.807, 2.05) is 39.1 Å². The summed E-state index contributed by atoms with van der Waals surface area (Å²) in [7, 11) is 0. The number of anilines is 1. The molecule has 9 heteroatoms. The van der Waals surface area contributed by atoms with Crippen LogP contribution >= 0.6 is 0 Å². The Balaban J connectivity index is 1.21. The van der Waals surface area contributed by atoms with Crippen molar-refractivity contribution in [2.24, 2.45) is 0 Å². The monoisotopic (exact) mass is 443 g/mol. The number of nitrogens with one attached hydrogen (secondary N) is 2. The Kier molecular flexibility index (Phi) is 6.37. The molecule has 1 aromatic heterocycles. The van der Waals surface area contributed by atoms with E-state index in [1.54, 1.807) is 0 Å². The van der Waals surface area contributed by atoms with Gasteiger partial charge in [0.15, 0.2) is 0 Å². The second-order valence-electron chi connectivity index (χ2n) is 9.96. The van der Waals surface area contributed by atoms with E-state index in [0.29, 0.717) is 18.9 Å². The zero-order valence-electron chi connectivity index (χ0n) is 19.1. The van der Waals surface area contributed by atoms with Gasteiger partial charge in [0, 0.05) is 44.7 Å². The fraction of sp³-hybridized carbons (Fsp3) is 0.652. The summed E-state index contributed by atoms with van der Waals surface area (Å²) in [4.78, 5) is 44.6. The first kappa shape index (κ1) is 22.5. The molecule has 9 nitrogen and oxygen atoms in total. The minimum atomic E-state index is -0.477. The van der Waals surface area contributed by atoms with Gasteiger partial charge >= 0.3 is 6.09 Å². The fourth-order valence-corrected chi connectivity index (χ4v) is 4.55. The summed E-state index contributed by atoms with van der Waals surface area (Å²) >= 11 is 0. The molecule has 32 heavy (non-hydrogen) atoms. The molecule has 0 spiro atoms. The maximum Gasteiger partial charge on any atom is 0.407 e. The van der Waals surface area contributed by atoms with Crippen LogP contribution in [0.3, 0.4) is 0 Å². The van der Waals surface area contributed by atoms with Crippen molar-refractivity contribution in [3.63, 3.8) is 0 Å². The lowest BCUT2D eigenvalue weighted by Crippen LogP contribution is -2.62. The van der Waals surface area contributed by atoms with Crippen molar-refractivity contribution in [3.05, 3.63) is 24.0 Å². The number of hydrogen-bond donors (Lipinski definition) is 2. The van der Waals surface area contributed by atoms with Crippen LogP contribution in [0.25, 0.3) is 0 Å². The Labute approximate surface area is 188 Å². The highest BCUT2D eigenvalue weighted by Gasteiger charge is 2.35. The van der Waals surface area contributed by atoms with E-state index in [1.165, 1.54) is 0 Å². The van der Waals surface area contributed by atoms with Gasteiger partial charge in [0.05, 0.1) is 23.5 Å². The molecule has 3 aliphatic heterocycles. The van der Waals surface area contributed by atoms with Gasteiger partial charge in [0.2, 0.25) is 11.8 Å². The number of pyridine rings is 1. The molecule has 0 aliphatic carbocycles. The average Bonchev–Trinajstić information content (AvgIpc) is 2.67. The number of carbonyl (C=O) groups excluding carboxylic acids is 3. The largest absolute Gasteiger partial charge is 0.444 e. The lowest BCUT2D eigenvalue weighted by molar-refractivity contribution is -0.134. The number of piperidine rings is 2. The van der Waals surface area contributed by atoms with E-state index in [0.717, 1.165) is 50.4 Å². The zero-order valence-corrected chi connectivity index (χ0v) is 19.1. The molecule has 4 rings (SSSR count). The lowest BCUT2D eigenvalue weighted by Gasteiger charge is -2.48. The second kappa shape index (κ2) is 9.05. The first-order valence-corrected chi connectivity index (χ1v) is 11.5. The highest BCUT2D eigenvalue weighted by atomic mass is 16.6. The summed E-state index contributed by atoms with van der Waals surface area (Å²) in [5, 5.41) is 5.38. The van der Waals surface area contributed by atoms with Crippen LogP contribution in [0.1, 0.15) is 58.1 Å². The van der Waals surface area contributed by atoms with Crippen LogP contribution in [0.15, 0.2) is 18.3 Å². The van der Waals surface area contributed by atoms with Crippen molar-refractivity contribution in [3.8, 4) is 0 Å². The number of aromatic nitrogens is 1. The van der Waals surface area contributed by atoms with Gasteiger partial charge in [-0.3, -0.25) is 24.8 Å². The number of imide groups is 1. The Morgan fingerprint density at radius 2 is 1.88 bits per heavy atom. The molecule has 0 saturated carbocycles. The van der Waals surface area contributed by atoms with Gasteiger partial charge in [-0.1, -0.05) is 0 Å². The summed E-state index contributed by atoms with van der Waals surface area (Å²) in [6, 6.07) is 4.59. The molecule has 4 heterocycles. The van der Waals surface area contributed by atoms with E-state index in [4.69, 9.17) is 4.74 Å². The van der Waals surface area contributed by atoms with E-state index in [-0.39, 0.29) is 29.9 Å². The van der Waals surface area contributed by atoms with E-state index < -0.39 is 5.60 Å². The summed E-state index contributed by atoms with van der Waals surface area (Å²) in [5.74, 6) is -0.810. The third-order valence-corrected chi connectivity index (χ3v) is 6.36. The maximum absolute atomic E-state index is 12.0. The molecule has 3 fully saturated rings. The molecule has 174 valence electrons. The SMILES string of the molecule is CC(C)(C)OC(=O)NC1CCN(C2CN(c3ccc(C4CCC(=O)NC4=O)nc3)C2)CC1. The standard InChI is InChI=1S/C23H33N5O4/c1-23(2,3)32-22(31)25-15-8-10-27(11-9-15)17-13-28(14-17)16-4-6-19(24-12-16)18-5-7-20(29)26-21(18)30/h4,6,12,15,17-18H,5,7-11,13-14H2,1-3H3,(H,25,31)(H,26,29,30). The van der Waals surface area contributed by atoms with Gasteiger partial charge in [0.25, 0.3) is 0 Å². The molecule has 1 aromatic rings. The van der Waals surface area contributed by atoms with Crippen molar-refractivity contribution >= 4 is 23.6 Å². The normalized spacial score (nSPS) is 23.5. The molecule has 2 N–H and O–H groups in total. The smallest absolute Gasteiger partial charge is 0.407 e. The first-order valence-electron chi connectivity index (χ1n) is 11.5. The van der Waals surface area contributed by atoms with Crippen LogP contribution in [0.5, 0.6) is 0 Å². The predicted octanol–water partition coefficient (Wildman–Crippen LogP) is 1.78. The quantitative estimate of drug-likeness (QED) is 0.684. The van der Waals surface area contributed by atoms with Gasteiger partial charge in [-0.15, -0.1) is 0 Å². The Morgan fingerprint density at radius 1 is 1.16 bits per heavy atom. The molecule has 0 radical (unpaired) electrons. The van der Waals surface area contributed by atoms with Crippen LogP contribution in [-0.2, 0) is 14.3 Å². The molecule has 3 aliphatic rings. The van der Waals surface area contributed by atoms with E-state index >= 15 is 0 Å². The number of ether oxygens (including phenoxy) is 1. The summed E-state index contributed by atoms with van der Waals surface area (Å²) in [6.07, 6.45) is 4.22. The number of alkyl carbamates (subject to hydrolysis) is 1. The van der Waals surface area contributed by atoms with Crippen LogP contribution < -0.4 is 15.5 Å². The Morgan fingerprint density at radius 3 is 2.47 bits per heavy atom. The Bertz CT molecular complexity index is 852. The fourth-order valence-electron chi connectivity index (χ4n) is 4.55. The van der Waals surface area contributed by atoms with Gasteiger partial charge < -0.3 is 15.0 Å². The summed E-state index contributed by atoms with van der Waals surface area (Å²) in [5.41, 5.74) is 1.30. The number of likely N-dealkylation sites (tertiary alicyclic amines) is 1. The lowest BCUT2D eigenvalue weighted by atomic mass is 9.94. The molecule has 3 amide bonds. The first-order chi connectivity index (χ1) is 15.2. The molecular formula is C23H33N5O4. The predicted molar refractivity (Wildman–Crippen MR) is 119 cm³/mol. The number of rotatable bonds is 4. The zero-order chi connectivity index (χ0) is 22.9. The van der Waals surface area contributed by atoms with Crippen LogP contribution in [0.2, 0.25) is 0 Å². The van der Waals surface area contributed by atoms with Crippen LogP contribution in [0.4, 0.5) is 10.5 Å². The van der Waals surface area contributed by atoms with Crippen molar-refractivity contribution in [1.82, 2.24) is 20.5 Å². The van der Waals surface area contributed by atoms with Gasteiger partial charge in [-0.05, 0) is 52.2 Å².